The molecule has 0 radical (unpaired) electrons. The van der Waals surface area contributed by atoms with Gasteiger partial charge in [-0.2, -0.15) is 0 Å². The smallest absolute Gasteiger partial charge is 0.266 e. The molecular formula is C21H17N3O3S3. The van der Waals surface area contributed by atoms with E-state index < -0.39 is 0 Å². The lowest BCUT2D eigenvalue weighted by molar-refractivity contribution is -0.122. The highest BCUT2D eigenvalue weighted by atomic mass is 32.2. The van der Waals surface area contributed by atoms with Crippen LogP contribution in [0.2, 0.25) is 0 Å². The van der Waals surface area contributed by atoms with E-state index in [9.17, 15) is 9.59 Å². The third-order valence-electron chi connectivity index (χ3n) is 4.40. The molecule has 6 nitrogen and oxygen atoms in total. The van der Waals surface area contributed by atoms with Crippen LogP contribution in [0.15, 0.2) is 53.4 Å². The van der Waals surface area contributed by atoms with E-state index >= 15 is 0 Å². The van der Waals surface area contributed by atoms with Crippen molar-refractivity contribution >= 4 is 72.9 Å². The second kappa shape index (κ2) is 8.95. The molecule has 1 aliphatic heterocycles. The lowest BCUT2D eigenvalue weighted by Gasteiger charge is -2.13. The Bertz CT molecular complexity index is 1140. The number of thiocarbonyl (C=S) groups is 1. The fraction of sp³-hybridized carbons (Fsp3) is 0.143. The third kappa shape index (κ3) is 4.38. The van der Waals surface area contributed by atoms with Gasteiger partial charge in [-0.1, -0.05) is 65.6 Å². The van der Waals surface area contributed by atoms with E-state index in [0.29, 0.717) is 20.1 Å². The summed E-state index contributed by atoms with van der Waals surface area (Å²) in [5.41, 5.74) is 1.64. The Morgan fingerprint density at radius 3 is 2.80 bits per heavy atom. The molecule has 3 aromatic rings. The molecule has 0 saturated carbocycles. The number of benzene rings is 2. The molecule has 1 aromatic heterocycles. The van der Waals surface area contributed by atoms with E-state index in [4.69, 9.17) is 17.0 Å². The molecule has 1 N–H and O–H groups in total. The number of thiazole rings is 1. The summed E-state index contributed by atoms with van der Waals surface area (Å²) < 4.78 is 6.78. The molecule has 2 heterocycles. The SMILES string of the molecule is COc1ccccc1/C=C1/SC(=S)N(CCC(=O)Nc2nc3ccccc3s2)C1=O. The summed E-state index contributed by atoms with van der Waals surface area (Å²) in [6, 6.07) is 15.1. The van der Waals surface area contributed by atoms with Crippen LogP contribution < -0.4 is 10.1 Å². The van der Waals surface area contributed by atoms with Crippen LogP contribution in [-0.4, -0.2) is 39.7 Å². The molecule has 152 valence electrons. The zero-order valence-electron chi connectivity index (χ0n) is 16.0. The molecule has 1 aliphatic rings. The van der Waals surface area contributed by atoms with Gasteiger partial charge in [0, 0.05) is 18.5 Å². The van der Waals surface area contributed by atoms with Crippen LogP contribution in [-0.2, 0) is 9.59 Å². The maximum absolute atomic E-state index is 12.8. The summed E-state index contributed by atoms with van der Waals surface area (Å²) in [6.07, 6.45) is 1.89. The van der Waals surface area contributed by atoms with Gasteiger partial charge in [-0.3, -0.25) is 14.5 Å². The van der Waals surface area contributed by atoms with Gasteiger partial charge in [0.2, 0.25) is 5.91 Å². The Balaban J connectivity index is 1.39. The number of anilines is 1. The molecule has 0 unspecified atom stereocenters. The average Bonchev–Trinajstić information content (AvgIpc) is 3.26. The number of para-hydroxylation sites is 2. The number of rotatable bonds is 6. The van der Waals surface area contributed by atoms with Crippen molar-refractivity contribution in [3.05, 3.63) is 59.0 Å². The molecular weight excluding hydrogens is 438 g/mol. The normalized spacial score (nSPS) is 15.2. The van der Waals surface area contributed by atoms with E-state index in [1.165, 1.54) is 28.0 Å². The number of hydrogen-bond acceptors (Lipinski definition) is 7. The zero-order valence-corrected chi connectivity index (χ0v) is 18.4. The van der Waals surface area contributed by atoms with Gasteiger partial charge in [0.15, 0.2) is 5.13 Å². The van der Waals surface area contributed by atoms with E-state index in [2.05, 4.69) is 10.3 Å². The maximum Gasteiger partial charge on any atom is 0.266 e. The topological polar surface area (TPSA) is 71.5 Å². The first-order valence-corrected chi connectivity index (χ1v) is 11.1. The number of thioether (sulfide) groups is 1. The molecule has 0 bridgehead atoms. The molecule has 9 heteroatoms. The Hall–Kier alpha value is -2.75. The van der Waals surface area contributed by atoms with Crippen molar-refractivity contribution in [3.8, 4) is 5.75 Å². The minimum atomic E-state index is -0.211. The number of aromatic nitrogens is 1. The summed E-state index contributed by atoms with van der Waals surface area (Å²) in [7, 11) is 1.59. The van der Waals surface area contributed by atoms with Crippen molar-refractivity contribution in [2.75, 3.05) is 19.0 Å². The second-order valence-corrected chi connectivity index (χ2v) is 9.07. The summed E-state index contributed by atoms with van der Waals surface area (Å²) in [5, 5.41) is 3.34. The van der Waals surface area contributed by atoms with Gasteiger partial charge < -0.3 is 10.1 Å². The van der Waals surface area contributed by atoms with Crippen molar-refractivity contribution in [3.63, 3.8) is 0 Å². The number of carbonyl (C=O) groups excluding carboxylic acids is 2. The van der Waals surface area contributed by atoms with Crippen LogP contribution in [0.5, 0.6) is 5.75 Å². The van der Waals surface area contributed by atoms with Crippen molar-refractivity contribution in [2.24, 2.45) is 0 Å². The van der Waals surface area contributed by atoms with Crippen LogP contribution in [0.1, 0.15) is 12.0 Å². The predicted molar refractivity (Wildman–Crippen MR) is 126 cm³/mol. The summed E-state index contributed by atoms with van der Waals surface area (Å²) >= 11 is 7.99. The van der Waals surface area contributed by atoms with Crippen molar-refractivity contribution in [1.82, 2.24) is 9.88 Å². The zero-order chi connectivity index (χ0) is 21.1. The van der Waals surface area contributed by atoms with Gasteiger partial charge in [0.05, 0.1) is 22.2 Å². The fourth-order valence-electron chi connectivity index (χ4n) is 2.94. The molecule has 30 heavy (non-hydrogen) atoms. The Morgan fingerprint density at radius 2 is 2.00 bits per heavy atom. The Morgan fingerprint density at radius 1 is 1.23 bits per heavy atom. The number of carbonyl (C=O) groups is 2. The van der Waals surface area contributed by atoms with Crippen molar-refractivity contribution < 1.29 is 14.3 Å². The highest BCUT2D eigenvalue weighted by Gasteiger charge is 2.32. The molecule has 0 spiro atoms. The summed E-state index contributed by atoms with van der Waals surface area (Å²) in [6.45, 7) is 0.213. The molecule has 1 fully saturated rings. The van der Waals surface area contributed by atoms with Crippen LogP contribution in [0, 0.1) is 0 Å². The standard InChI is InChI=1S/C21H17N3O3S3/c1-27-15-8-4-2-6-13(15)12-17-19(26)24(21(28)30-17)11-10-18(25)23-20-22-14-7-3-5-9-16(14)29-20/h2-9,12H,10-11H2,1H3,(H,22,23,25)/b17-12+. The van der Waals surface area contributed by atoms with Crippen LogP contribution >= 0.6 is 35.3 Å². The first kappa shape index (κ1) is 20.5. The fourth-order valence-corrected chi connectivity index (χ4v) is 5.12. The van der Waals surface area contributed by atoms with E-state index in [1.807, 2.05) is 48.5 Å². The van der Waals surface area contributed by atoms with Gasteiger partial charge in [-0.05, 0) is 24.3 Å². The molecule has 2 amide bonds. The van der Waals surface area contributed by atoms with Gasteiger partial charge in [-0.25, -0.2) is 4.98 Å². The van der Waals surface area contributed by atoms with Gasteiger partial charge in [-0.15, -0.1) is 0 Å². The highest BCUT2D eigenvalue weighted by Crippen LogP contribution is 2.34. The first-order chi connectivity index (χ1) is 14.5. The average molecular weight is 456 g/mol. The molecule has 0 aliphatic carbocycles. The number of nitrogens with zero attached hydrogens (tertiary/aromatic N) is 2. The quantitative estimate of drug-likeness (QED) is 0.435. The van der Waals surface area contributed by atoms with Gasteiger partial charge in [0.25, 0.3) is 5.91 Å². The monoisotopic (exact) mass is 455 g/mol. The van der Waals surface area contributed by atoms with Gasteiger partial charge >= 0.3 is 0 Å². The van der Waals surface area contributed by atoms with Crippen molar-refractivity contribution in [1.29, 1.82) is 0 Å². The lowest BCUT2D eigenvalue weighted by Crippen LogP contribution is -2.31. The largest absolute Gasteiger partial charge is 0.496 e. The minimum Gasteiger partial charge on any atom is -0.496 e. The summed E-state index contributed by atoms with van der Waals surface area (Å²) in [4.78, 5) is 31.5. The van der Waals surface area contributed by atoms with Crippen molar-refractivity contribution in [2.45, 2.75) is 6.42 Å². The third-order valence-corrected chi connectivity index (χ3v) is 6.73. The first-order valence-electron chi connectivity index (χ1n) is 9.09. The predicted octanol–water partition coefficient (Wildman–Crippen LogP) is 4.53. The molecule has 1 saturated heterocycles. The van der Waals surface area contributed by atoms with E-state index in [-0.39, 0.29) is 24.8 Å². The second-order valence-electron chi connectivity index (χ2n) is 6.36. The molecule has 0 atom stereocenters. The number of amides is 2. The molecule has 4 rings (SSSR count). The van der Waals surface area contributed by atoms with Gasteiger partial charge in [0.1, 0.15) is 10.1 Å². The van der Waals surface area contributed by atoms with Crippen LogP contribution in [0.25, 0.3) is 16.3 Å². The lowest BCUT2D eigenvalue weighted by atomic mass is 10.2. The number of nitrogens with one attached hydrogen (secondary N) is 1. The van der Waals surface area contributed by atoms with Crippen LogP contribution in [0.4, 0.5) is 5.13 Å². The van der Waals surface area contributed by atoms with E-state index in [0.717, 1.165) is 15.8 Å². The number of methoxy groups -OCH3 is 1. The minimum absolute atomic E-state index is 0.129. The highest BCUT2D eigenvalue weighted by molar-refractivity contribution is 8.26. The summed E-state index contributed by atoms with van der Waals surface area (Å²) in [5.74, 6) is 0.262. The maximum atomic E-state index is 12.8. The molecule has 2 aromatic carbocycles. The van der Waals surface area contributed by atoms with E-state index in [1.54, 1.807) is 13.2 Å². The number of ether oxygens (including phenoxy) is 1. The van der Waals surface area contributed by atoms with Crippen LogP contribution in [0.3, 0.4) is 0 Å². The number of fused-ring (bicyclic) bond motifs is 1. The Labute approximate surface area is 186 Å². The Kier molecular flexibility index (Phi) is 6.12. The number of hydrogen-bond donors (Lipinski definition) is 1.